The highest BCUT2D eigenvalue weighted by atomic mass is 16.6. The monoisotopic (exact) mass is 340 g/mol. The molecule has 0 bridgehead atoms. The van der Waals surface area contributed by atoms with Crippen molar-refractivity contribution in [2.75, 3.05) is 23.7 Å². The number of hydrogen-bond donors (Lipinski definition) is 1. The number of nitrogens with two attached hydrogens (primary N) is 1. The van der Waals surface area contributed by atoms with E-state index in [4.69, 9.17) is 5.73 Å². The summed E-state index contributed by atoms with van der Waals surface area (Å²) in [5.74, 6) is 1.05. The van der Waals surface area contributed by atoms with Gasteiger partial charge in [-0.25, -0.2) is 4.98 Å². The molecule has 3 rings (SSSR count). The molecule has 1 aromatic carbocycles. The Labute approximate surface area is 145 Å². The highest BCUT2D eigenvalue weighted by Crippen LogP contribution is 2.34. The molecule has 130 valence electrons. The highest BCUT2D eigenvalue weighted by Gasteiger charge is 2.26. The van der Waals surface area contributed by atoms with E-state index in [1.165, 1.54) is 0 Å². The van der Waals surface area contributed by atoms with Crippen molar-refractivity contribution in [2.45, 2.75) is 32.2 Å². The van der Waals surface area contributed by atoms with Crippen molar-refractivity contribution in [2.24, 2.45) is 0 Å². The fourth-order valence-corrected chi connectivity index (χ4v) is 3.48. The predicted molar refractivity (Wildman–Crippen MR) is 94.3 cm³/mol. The molecule has 1 aromatic heterocycles. The molecule has 1 unspecified atom stereocenters. The molecule has 0 aliphatic carbocycles. The van der Waals surface area contributed by atoms with Gasteiger partial charge in [0.2, 0.25) is 0 Å². The third-order valence-electron chi connectivity index (χ3n) is 4.65. The zero-order valence-electron chi connectivity index (χ0n) is 14.1. The summed E-state index contributed by atoms with van der Waals surface area (Å²) in [6.45, 7) is 3.66. The number of aryl methyl sites for hydroxylation is 1. The Balaban J connectivity index is 1.91. The van der Waals surface area contributed by atoms with E-state index >= 15 is 0 Å². The van der Waals surface area contributed by atoms with Crippen LogP contribution >= 0.6 is 0 Å². The second kappa shape index (κ2) is 6.81. The number of nitrogen functional groups attached to an aromatic ring is 1. The maximum atomic E-state index is 11.1. The summed E-state index contributed by atoms with van der Waals surface area (Å²) in [4.78, 5) is 17.0. The first-order valence-electron chi connectivity index (χ1n) is 8.29. The zero-order chi connectivity index (χ0) is 18.0. The van der Waals surface area contributed by atoms with Crippen LogP contribution in [0.25, 0.3) is 0 Å². The Kier molecular flexibility index (Phi) is 4.57. The van der Waals surface area contributed by atoms with Crippen LogP contribution in [-0.2, 0) is 6.42 Å². The van der Waals surface area contributed by atoms with Crippen LogP contribution in [0, 0.1) is 21.4 Å². The van der Waals surface area contributed by atoms with Gasteiger partial charge in [0.1, 0.15) is 23.1 Å². The van der Waals surface area contributed by atoms with E-state index in [0.717, 1.165) is 43.9 Å². The number of imidazole rings is 1. The van der Waals surface area contributed by atoms with Gasteiger partial charge < -0.3 is 15.2 Å². The maximum absolute atomic E-state index is 11.1. The molecular weight excluding hydrogens is 320 g/mol. The molecule has 0 spiro atoms. The number of nitro groups is 1. The Morgan fingerprint density at radius 3 is 3.00 bits per heavy atom. The van der Waals surface area contributed by atoms with Gasteiger partial charge in [-0.2, -0.15) is 5.26 Å². The number of piperidine rings is 1. The number of benzene rings is 1. The fraction of sp³-hybridized carbons (Fsp3) is 0.412. The molecule has 25 heavy (non-hydrogen) atoms. The summed E-state index contributed by atoms with van der Waals surface area (Å²) in [7, 11) is 0. The van der Waals surface area contributed by atoms with Gasteiger partial charge in [-0.05, 0) is 25.0 Å². The smallest absolute Gasteiger partial charge is 0.309 e. The standard InChI is InChI=1S/C17H20N6O2/c1-2-16-20-5-7-22(16)13-4-3-6-21(11-13)14-8-12(10-18)17(23(24)25)15(19)9-14/h5,7-9,13H,2-4,6,11,19H2,1H3. The molecule has 1 fully saturated rings. The summed E-state index contributed by atoms with van der Waals surface area (Å²) in [5.41, 5.74) is 6.31. The lowest BCUT2D eigenvalue weighted by atomic mass is 10.0. The number of anilines is 2. The van der Waals surface area contributed by atoms with Gasteiger partial charge >= 0.3 is 5.69 Å². The van der Waals surface area contributed by atoms with Crippen molar-refractivity contribution in [1.29, 1.82) is 5.26 Å². The van der Waals surface area contributed by atoms with E-state index in [1.54, 1.807) is 12.1 Å². The van der Waals surface area contributed by atoms with Crippen molar-refractivity contribution >= 4 is 17.1 Å². The van der Waals surface area contributed by atoms with Crippen molar-refractivity contribution in [1.82, 2.24) is 9.55 Å². The van der Waals surface area contributed by atoms with Crippen LogP contribution in [0.15, 0.2) is 24.5 Å². The Bertz CT molecular complexity index is 838. The normalized spacial score (nSPS) is 17.3. The lowest BCUT2D eigenvalue weighted by Crippen LogP contribution is -2.37. The molecule has 1 atom stereocenters. The second-order valence-corrected chi connectivity index (χ2v) is 6.15. The minimum absolute atomic E-state index is 0.000925. The van der Waals surface area contributed by atoms with Gasteiger partial charge in [-0.3, -0.25) is 10.1 Å². The average molecular weight is 340 g/mol. The molecule has 2 aromatic rings. The first-order chi connectivity index (χ1) is 12.0. The Hall–Kier alpha value is -3.08. The summed E-state index contributed by atoms with van der Waals surface area (Å²) in [6, 6.07) is 5.33. The fourth-order valence-electron chi connectivity index (χ4n) is 3.48. The molecular formula is C17H20N6O2. The van der Waals surface area contributed by atoms with Gasteiger partial charge in [0.05, 0.1) is 11.0 Å². The minimum atomic E-state index is -0.601. The van der Waals surface area contributed by atoms with Crippen LogP contribution < -0.4 is 10.6 Å². The summed E-state index contributed by atoms with van der Waals surface area (Å²) in [5, 5.41) is 20.4. The Morgan fingerprint density at radius 2 is 2.32 bits per heavy atom. The average Bonchev–Trinajstić information content (AvgIpc) is 3.09. The van der Waals surface area contributed by atoms with E-state index in [0.29, 0.717) is 0 Å². The van der Waals surface area contributed by atoms with Crippen LogP contribution in [0.5, 0.6) is 0 Å². The highest BCUT2D eigenvalue weighted by molar-refractivity contribution is 5.73. The number of nitro benzene ring substituents is 1. The third kappa shape index (κ3) is 3.13. The lowest BCUT2D eigenvalue weighted by molar-refractivity contribution is -0.384. The number of nitrogens with zero attached hydrogens (tertiary/aromatic N) is 5. The molecule has 1 aliphatic rings. The lowest BCUT2D eigenvalue weighted by Gasteiger charge is -2.35. The number of rotatable bonds is 4. The van der Waals surface area contributed by atoms with Gasteiger partial charge in [0.15, 0.2) is 0 Å². The van der Waals surface area contributed by atoms with Crippen LogP contribution in [0.2, 0.25) is 0 Å². The van der Waals surface area contributed by atoms with Crippen molar-refractivity contribution in [3.05, 3.63) is 46.0 Å². The van der Waals surface area contributed by atoms with Crippen molar-refractivity contribution in [3.63, 3.8) is 0 Å². The SMILES string of the molecule is CCc1nccn1C1CCCN(c2cc(N)c([N+](=O)[O-])c(C#N)c2)C1. The Morgan fingerprint density at radius 1 is 1.52 bits per heavy atom. The van der Waals surface area contributed by atoms with Crippen LogP contribution in [0.4, 0.5) is 17.1 Å². The van der Waals surface area contributed by atoms with Gasteiger partial charge in [0, 0.05) is 37.6 Å². The second-order valence-electron chi connectivity index (χ2n) is 6.15. The van der Waals surface area contributed by atoms with Crippen LogP contribution in [0.3, 0.4) is 0 Å². The van der Waals surface area contributed by atoms with E-state index in [9.17, 15) is 15.4 Å². The molecule has 1 aliphatic heterocycles. The molecule has 0 saturated carbocycles. The number of aromatic nitrogens is 2. The predicted octanol–water partition coefficient (Wildman–Crippen LogP) is 2.65. The van der Waals surface area contributed by atoms with E-state index < -0.39 is 4.92 Å². The molecule has 0 amide bonds. The van der Waals surface area contributed by atoms with E-state index in [2.05, 4.69) is 21.4 Å². The first-order valence-corrected chi connectivity index (χ1v) is 8.29. The summed E-state index contributed by atoms with van der Waals surface area (Å²) >= 11 is 0. The quantitative estimate of drug-likeness (QED) is 0.520. The molecule has 1 saturated heterocycles. The largest absolute Gasteiger partial charge is 0.393 e. The van der Waals surface area contributed by atoms with E-state index in [1.807, 2.05) is 18.5 Å². The molecule has 8 heteroatoms. The molecule has 2 heterocycles. The van der Waals surface area contributed by atoms with Crippen molar-refractivity contribution in [3.8, 4) is 6.07 Å². The first kappa shape index (κ1) is 16.8. The summed E-state index contributed by atoms with van der Waals surface area (Å²) in [6.07, 6.45) is 6.72. The van der Waals surface area contributed by atoms with Crippen LogP contribution in [-0.4, -0.2) is 27.6 Å². The molecule has 8 nitrogen and oxygen atoms in total. The minimum Gasteiger partial charge on any atom is -0.393 e. The maximum Gasteiger partial charge on any atom is 0.309 e. The van der Waals surface area contributed by atoms with Crippen molar-refractivity contribution < 1.29 is 4.92 Å². The third-order valence-corrected chi connectivity index (χ3v) is 4.65. The van der Waals surface area contributed by atoms with Crippen LogP contribution in [0.1, 0.15) is 37.2 Å². The van der Waals surface area contributed by atoms with E-state index in [-0.39, 0.29) is 23.0 Å². The molecule has 0 radical (unpaired) electrons. The van der Waals surface area contributed by atoms with Gasteiger partial charge in [-0.15, -0.1) is 0 Å². The molecule has 2 N–H and O–H groups in total. The topological polar surface area (TPSA) is 114 Å². The zero-order valence-corrected chi connectivity index (χ0v) is 14.1. The number of nitriles is 1. The van der Waals surface area contributed by atoms with Gasteiger partial charge in [0.25, 0.3) is 0 Å². The number of hydrogen-bond acceptors (Lipinski definition) is 6. The summed E-state index contributed by atoms with van der Waals surface area (Å²) < 4.78 is 2.20. The van der Waals surface area contributed by atoms with Gasteiger partial charge in [-0.1, -0.05) is 6.92 Å².